The third-order valence-corrected chi connectivity index (χ3v) is 6.87. The van der Waals surface area contributed by atoms with Crippen LogP contribution in [0.2, 0.25) is 5.02 Å². The number of carbonyl (C=O) groups excluding carboxylic acids is 1. The van der Waals surface area contributed by atoms with E-state index in [2.05, 4.69) is 5.32 Å². The van der Waals surface area contributed by atoms with Crippen LogP contribution in [-0.4, -0.2) is 31.7 Å². The fourth-order valence-corrected chi connectivity index (χ4v) is 4.68. The van der Waals surface area contributed by atoms with Crippen molar-refractivity contribution in [1.82, 2.24) is 4.31 Å². The van der Waals surface area contributed by atoms with Gasteiger partial charge in [0, 0.05) is 24.7 Å². The van der Waals surface area contributed by atoms with Gasteiger partial charge in [0.25, 0.3) is 0 Å². The van der Waals surface area contributed by atoms with E-state index in [1.807, 2.05) is 6.07 Å². The largest absolute Gasteiger partial charge is 0.326 e. The second kappa shape index (κ2) is 8.27. The number of carbonyl (C=O) groups is 1. The van der Waals surface area contributed by atoms with Crippen LogP contribution in [0, 0.1) is 23.1 Å². The van der Waals surface area contributed by atoms with Gasteiger partial charge >= 0.3 is 0 Å². The van der Waals surface area contributed by atoms with E-state index in [9.17, 15) is 17.6 Å². The Bertz CT molecular complexity index is 1030. The van der Waals surface area contributed by atoms with Gasteiger partial charge in [-0.15, -0.1) is 0 Å². The molecular weight excluding hydrogens is 405 g/mol. The Morgan fingerprint density at radius 1 is 1.18 bits per heavy atom. The Labute approximate surface area is 167 Å². The molecule has 3 rings (SSSR count). The molecule has 2 aromatic rings. The van der Waals surface area contributed by atoms with Crippen molar-refractivity contribution >= 4 is 33.2 Å². The number of benzene rings is 2. The molecule has 9 heteroatoms. The normalized spacial score (nSPS) is 15.8. The van der Waals surface area contributed by atoms with E-state index in [-0.39, 0.29) is 35.4 Å². The van der Waals surface area contributed by atoms with Gasteiger partial charge < -0.3 is 5.32 Å². The first-order valence-corrected chi connectivity index (χ1v) is 10.4. The number of hydrogen-bond acceptors (Lipinski definition) is 4. The monoisotopic (exact) mass is 421 g/mol. The number of sulfonamides is 1. The summed E-state index contributed by atoms with van der Waals surface area (Å²) in [5.41, 5.74) is 0.729. The van der Waals surface area contributed by atoms with Crippen LogP contribution >= 0.6 is 11.6 Å². The van der Waals surface area contributed by atoms with Gasteiger partial charge in [0.2, 0.25) is 15.9 Å². The van der Waals surface area contributed by atoms with Gasteiger partial charge in [0.05, 0.1) is 15.5 Å². The standard InChI is InChI=1S/C19H17ClFN3O3S/c20-18-6-3-16(11-14(18)12-22)23-19(25)13-7-9-24(10-8-13)28(26,27)17-4-1-15(21)2-5-17/h1-6,11,13H,7-10H2,(H,23,25). The number of hydrogen-bond donors (Lipinski definition) is 1. The van der Waals surface area contributed by atoms with Gasteiger partial charge in [-0.2, -0.15) is 9.57 Å². The van der Waals surface area contributed by atoms with E-state index in [0.29, 0.717) is 23.6 Å². The number of amides is 1. The second-order valence-electron chi connectivity index (χ2n) is 6.43. The molecule has 0 spiro atoms. The predicted molar refractivity (Wildman–Crippen MR) is 103 cm³/mol. The Kier molecular flexibility index (Phi) is 5.98. The number of nitriles is 1. The lowest BCUT2D eigenvalue weighted by molar-refractivity contribution is -0.120. The highest BCUT2D eigenvalue weighted by atomic mass is 35.5. The molecular formula is C19H17ClFN3O3S. The van der Waals surface area contributed by atoms with Crippen molar-refractivity contribution in [2.45, 2.75) is 17.7 Å². The first-order valence-electron chi connectivity index (χ1n) is 8.57. The van der Waals surface area contributed by atoms with Crippen LogP contribution in [0.15, 0.2) is 47.4 Å². The molecule has 1 aliphatic heterocycles. The quantitative estimate of drug-likeness (QED) is 0.819. The van der Waals surface area contributed by atoms with Crippen LogP contribution in [0.3, 0.4) is 0 Å². The van der Waals surface area contributed by atoms with Crippen molar-refractivity contribution in [2.24, 2.45) is 5.92 Å². The molecule has 1 heterocycles. The van der Waals surface area contributed by atoms with E-state index >= 15 is 0 Å². The van der Waals surface area contributed by atoms with Crippen LogP contribution in [0.4, 0.5) is 10.1 Å². The molecule has 0 radical (unpaired) electrons. The lowest BCUT2D eigenvalue weighted by Gasteiger charge is -2.30. The highest BCUT2D eigenvalue weighted by Gasteiger charge is 2.32. The van der Waals surface area contributed by atoms with Gasteiger partial charge in [-0.3, -0.25) is 4.79 Å². The maximum Gasteiger partial charge on any atom is 0.243 e. The first kappa shape index (κ1) is 20.3. The maximum absolute atomic E-state index is 13.0. The van der Waals surface area contributed by atoms with Gasteiger partial charge in [0.15, 0.2) is 0 Å². The average molecular weight is 422 g/mol. The van der Waals surface area contributed by atoms with Crippen LogP contribution in [0.25, 0.3) is 0 Å². The average Bonchev–Trinajstić information content (AvgIpc) is 2.70. The summed E-state index contributed by atoms with van der Waals surface area (Å²) in [5, 5.41) is 12.1. The lowest BCUT2D eigenvalue weighted by atomic mass is 9.97. The van der Waals surface area contributed by atoms with Crippen LogP contribution < -0.4 is 5.32 Å². The highest BCUT2D eigenvalue weighted by molar-refractivity contribution is 7.89. The van der Waals surface area contributed by atoms with Gasteiger partial charge in [0.1, 0.15) is 11.9 Å². The number of halogens is 2. The van der Waals surface area contributed by atoms with Crippen molar-refractivity contribution < 1.29 is 17.6 Å². The predicted octanol–water partition coefficient (Wildman–Crippen LogP) is 3.39. The van der Waals surface area contributed by atoms with Crippen LogP contribution in [0.1, 0.15) is 18.4 Å². The molecule has 1 aliphatic rings. The number of rotatable bonds is 4. The van der Waals surface area contributed by atoms with Gasteiger partial charge in [-0.05, 0) is 55.3 Å². The second-order valence-corrected chi connectivity index (χ2v) is 8.77. The zero-order valence-corrected chi connectivity index (χ0v) is 16.3. The molecule has 28 heavy (non-hydrogen) atoms. The fraction of sp³-hybridized carbons (Fsp3) is 0.263. The Morgan fingerprint density at radius 3 is 2.43 bits per heavy atom. The van der Waals surface area contributed by atoms with Crippen molar-refractivity contribution in [2.75, 3.05) is 18.4 Å². The molecule has 1 saturated heterocycles. The molecule has 1 N–H and O–H groups in total. The lowest BCUT2D eigenvalue weighted by Crippen LogP contribution is -2.41. The molecule has 1 amide bonds. The first-order chi connectivity index (χ1) is 13.3. The smallest absolute Gasteiger partial charge is 0.243 e. The summed E-state index contributed by atoms with van der Waals surface area (Å²) in [5.74, 6) is -1.08. The number of nitrogens with zero attached hydrogens (tertiary/aromatic N) is 2. The minimum absolute atomic E-state index is 0.0296. The number of piperidine rings is 1. The van der Waals surface area contributed by atoms with Crippen LogP contribution in [0.5, 0.6) is 0 Å². The Hall–Kier alpha value is -2.47. The number of anilines is 1. The third-order valence-electron chi connectivity index (χ3n) is 4.63. The molecule has 0 aliphatic carbocycles. The Morgan fingerprint density at radius 2 is 1.82 bits per heavy atom. The van der Waals surface area contributed by atoms with Crippen molar-refractivity contribution in [1.29, 1.82) is 5.26 Å². The molecule has 0 bridgehead atoms. The van der Waals surface area contributed by atoms with Crippen molar-refractivity contribution in [3.8, 4) is 6.07 Å². The van der Waals surface area contributed by atoms with Crippen LogP contribution in [-0.2, 0) is 14.8 Å². The van der Waals surface area contributed by atoms with E-state index in [0.717, 1.165) is 12.1 Å². The van der Waals surface area contributed by atoms with Crippen molar-refractivity contribution in [3.63, 3.8) is 0 Å². The highest BCUT2D eigenvalue weighted by Crippen LogP contribution is 2.26. The van der Waals surface area contributed by atoms with E-state index < -0.39 is 15.8 Å². The molecule has 0 aromatic heterocycles. The minimum Gasteiger partial charge on any atom is -0.326 e. The van der Waals surface area contributed by atoms with Crippen molar-refractivity contribution in [3.05, 3.63) is 58.9 Å². The molecule has 0 unspecified atom stereocenters. The molecule has 0 saturated carbocycles. The molecule has 6 nitrogen and oxygen atoms in total. The zero-order chi connectivity index (χ0) is 20.3. The van der Waals surface area contributed by atoms with E-state index in [1.54, 1.807) is 6.07 Å². The number of nitrogens with one attached hydrogen (secondary N) is 1. The molecule has 146 valence electrons. The summed E-state index contributed by atoms with van der Waals surface area (Å²) in [6, 6.07) is 11.3. The zero-order valence-electron chi connectivity index (χ0n) is 14.7. The van der Waals surface area contributed by atoms with Gasteiger partial charge in [-0.1, -0.05) is 11.6 Å². The fourth-order valence-electron chi connectivity index (χ4n) is 3.05. The maximum atomic E-state index is 13.0. The molecule has 0 atom stereocenters. The van der Waals surface area contributed by atoms with Gasteiger partial charge in [-0.25, -0.2) is 12.8 Å². The van der Waals surface area contributed by atoms with E-state index in [4.69, 9.17) is 16.9 Å². The summed E-state index contributed by atoms with van der Waals surface area (Å²) in [4.78, 5) is 12.5. The van der Waals surface area contributed by atoms with E-state index in [1.165, 1.54) is 28.6 Å². The summed E-state index contributed by atoms with van der Waals surface area (Å²) in [6.07, 6.45) is 0.732. The SMILES string of the molecule is N#Cc1cc(NC(=O)C2CCN(S(=O)(=O)c3ccc(F)cc3)CC2)ccc1Cl. The Balaban J connectivity index is 1.62. The summed E-state index contributed by atoms with van der Waals surface area (Å²) in [7, 11) is -3.72. The minimum atomic E-state index is -3.72. The summed E-state index contributed by atoms with van der Waals surface area (Å²) >= 11 is 5.88. The third kappa shape index (κ3) is 4.33. The topological polar surface area (TPSA) is 90.3 Å². The molecule has 1 fully saturated rings. The summed E-state index contributed by atoms with van der Waals surface area (Å²) in [6.45, 7) is 0.393. The molecule has 2 aromatic carbocycles. The summed E-state index contributed by atoms with van der Waals surface area (Å²) < 4.78 is 39.6.